The van der Waals surface area contributed by atoms with Crippen molar-refractivity contribution in [3.63, 3.8) is 0 Å². The van der Waals surface area contributed by atoms with Crippen molar-refractivity contribution in [2.24, 2.45) is 0 Å². The average Bonchev–Trinajstić information content (AvgIpc) is 3.08. The second-order valence-electron chi connectivity index (χ2n) is 4.07. The van der Waals surface area contributed by atoms with Gasteiger partial charge in [-0.3, -0.25) is 4.79 Å². The fraction of sp³-hybridized carbons (Fsp3) is 0.364. The molecule has 0 aliphatic heterocycles. The van der Waals surface area contributed by atoms with E-state index in [1.165, 1.54) is 18.4 Å². The molecule has 10 heteroatoms. The van der Waals surface area contributed by atoms with Crippen LogP contribution in [0.5, 0.6) is 0 Å². The maximum atomic E-state index is 11.7. The van der Waals surface area contributed by atoms with E-state index < -0.39 is 17.9 Å². The normalized spacial score (nSPS) is 12.0. The molecule has 2 aromatic rings. The van der Waals surface area contributed by atoms with Gasteiger partial charge < -0.3 is 15.2 Å². The highest BCUT2D eigenvalue weighted by molar-refractivity contribution is 7.08. The third-order valence-corrected chi connectivity index (χ3v) is 3.17. The Morgan fingerprint density at radius 2 is 2.38 bits per heavy atom. The third-order valence-electron chi connectivity index (χ3n) is 2.48. The van der Waals surface area contributed by atoms with Gasteiger partial charge >= 0.3 is 5.97 Å². The van der Waals surface area contributed by atoms with E-state index in [-0.39, 0.29) is 13.2 Å². The highest BCUT2D eigenvalue weighted by atomic mass is 32.1. The molecule has 0 spiro atoms. The number of aromatic nitrogens is 4. The van der Waals surface area contributed by atoms with E-state index in [2.05, 4.69) is 20.7 Å². The van der Waals surface area contributed by atoms with Crippen LogP contribution < -0.4 is 5.32 Å². The fourth-order valence-electron chi connectivity index (χ4n) is 1.53. The Labute approximate surface area is 123 Å². The summed E-state index contributed by atoms with van der Waals surface area (Å²) in [5.41, 5.74) is 0.814. The number of nitrogens with one attached hydrogen (secondary N) is 1. The van der Waals surface area contributed by atoms with Crippen LogP contribution in [0.25, 0.3) is 11.4 Å². The quantitative estimate of drug-likeness (QED) is 0.715. The summed E-state index contributed by atoms with van der Waals surface area (Å²) in [6.07, 6.45) is 0. The van der Waals surface area contributed by atoms with Gasteiger partial charge in [-0.05, 0) is 16.7 Å². The minimum absolute atomic E-state index is 0.119. The summed E-state index contributed by atoms with van der Waals surface area (Å²) in [5, 5.41) is 26.6. The minimum atomic E-state index is -1.17. The molecule has 1 amide bonds. The van der Waals surface area contributed by atoms with Crippen LogP contribution in [-0.2, 0) is 20.9 Å². The molecule has 2 heterocycles. The molecule has 9 nitrogen and oxygen atoms in total. The molecule has 2 rings (SSSR count). The van der Waals surface area contributed by atoms with Crippen molar-refractivity contribution in [2.45, 2.75) is 12.6 Å². The van der Waals surface area contributed by atoms with Crippen molar-refractivity contribution >= 4 is 23.2 Å². The van der Waals surface area contributed by atoms with Gasteiger partial charge in [0.05, 0.1) is 6.61 Å². The maximum Gasteiger partial charge on any atom is 0.328 e. The molecule has 0 aliphatic carbocycles. The Bertz CT molecular complexity index is 612. The number of carbonyl (C=O) groups excluding carboxylic acids is 1. The Morgan fingerprint density at radius 3 is 3.00 bits per heavy atom. The SMILES string of the molecule is COCC(NC(=O)Cn1nnc(-c2ccsc2)n1)C(=O)O. The number of nitrogens with zero attached hydrogens (tertiary/aromatic N) is 4. The lowest BCUT2D eigenvalue weighted by Gasteiger charge is -2.12. The molecule has 1 unspecified atom stereocenters. The van der Waals surface area contributed by atoms with E-state index >= 15 is 0 Å². The molecule has 0 saturated heterocycles. The minimum Gasteiger partial charge on any atom is -0.480 e. The highest BCUT2D eigenvalue weighted by Crippen LogP contribution is 2.16. The van der Waals surface area contributed by atoms with Gasteiger partial charge in [-0.2, -0.15) is 16.1 Å². The predicted octanol–water partition coefficient (Wildman–Crippen LogP) is -0.383. The highest BCUT2D eigenvalue weighted by Gasteiger charge is 2.20. The van der Waals surface area contributed by atoms with Gasteiger partial charge in [-0.1, -0.05) is 0 Å². The molecule has 0 saturated carbocycles. The maximum absolute atomic E-state index is 11.7. The van der Waals surface area contributed by atoms with E-state index in [1.54, 1.807) is 0 Å². The molecule has 0 aliphatic rings. The number of carboxylic acids is 1. The average molecular weight is 311 g/mol. The summed E-state index contributed by atoms with van der Waals surface area (Å²) >= 11 is 1.50. The van der Waals surface area contributed by atoms with Gasteiger partial charge in [0.1, 0.15) is 6.54 Å². The summed E-state index contributed by atoms with van der Waals surface area (Å²) in [5.74, 6) is -1.29. The van der Waals surface area contributed by atoms with Gasteiger partial charge in [-0.15, -0.1) is 10.2 Å². The summed E-state index contributed by atoms with van der Waals surface area (Å²) in [6.45, 7) is -0.337. The molecule has 112 valence electrons. The van der Waals surface area contributed by atoms with Crippen LogP contribution in [-0.4, -0.2) is 56.9 Å². The molecular formula is C11H13N5O4S. The summed E-state index contributed by atoms with van der Waals surface area (Å²) in [7, 11) is 1.36. The topological polar surface area (TPSA) is 119 Å². The number of carbonyl (C=O) groups is 2. The zero-order chi connectivity index (χ0) is 15.2. The Balaban J connectivity index is 1.95. The summed E-state index contributed by atoms with van der Waals surface area (Å²) in [4.78, 5) is 23.7. The van der Waals surface area contributed by atoms with Gasteiger partial charge in [0, 0.05) is 18.1 Å². The smallest absolute Gasteiger partial charge is 0.328 e. The molecule has 2 N–H and O–H groups in total. The lowest BCUT2D eigenvalue weighted by atomic mass is 10.3. The molecule has 0 fully saturated rings. The monoisotopic (exact) mass is 311 g/mol. The lowest BCUT2D eigenvalue weighted by Crippen LogP contribution is -2.45. The number of carboxylic acid groups (broad SMARTS) is 1. The first-order valence-corrected chi connectivity index (χ1v) is 6.86. The van der Waals surface area contributed by atoms with Gasteiger partial charge in [0.15, 0.2) is 6.04 Å². The number of hydrogen-bond donors (Lipinski definition) is 2. The first-order valence-electron chi connectivity index (χ1n) is 5.91. The van der Waals surface area contributed by atoms with Crippen molar-refractivity contribution in [3.8, 4) is 11.4 Å². The van der Waals surface area contributed by atoms with Crippen LogP contribution in [0.4, 0.5) is 0 Å². The largest absolute Gasteiger partial charge is 0.480 e. The van der Waals surface area contributed by atoms with Crippen LogP contribution in [0.3, 0.4) is 0 Å². The number of amides is 1. The molecule has 21 heavy (non-hydrogen) atoms. The van der Waals surface area contributed by atoms with Crippen LogP contribution >= 0.6 is 11.3 Å². The zero-order valence-corrected chi connectivity index (χ0v) is 11.9. The number of thiophene rings is 1. The number of methoxy groups -OCH3 is 1. The molecule has 1 atom stereocenters. The number of rotatable bonds is 7. The standard InChI is InChI=1S/C11H13N5O4S/c1-20-5-8(11(18)19)12-9(17)4-16-14-10(13-15-16)7-2-3-21-6-7/h2-3,6,8H,4-5H2,1H3,(H,12,17)(H,18,19). The van der Waals surface area contributed by atoms with Crippen molar-refractivity contribution < 1.29 is 19.4 Å². The third kappa shape index (κ3) is 4.07. The fourth-order valence-corrected chi connectivity index (χ4v) is 2.16. The Hall–Kier alpha value is -2.33. The predicted molar refractivity (Wildman–Crippen MR) is 72.6 cm³/mol. The number of tetrazole rings is 1. The number of hydrogen-bond acceptors (Lipinski definition) is 7. The number of ether oxygens (including phenoxy) is 1. The number of aliphatic carboxylic acids is 1. The lowest BCUT2D eigenvalue weighted by molar-refractivity contribution is -0.143. The van der Waals surface area contributed by atoms with Gasteiger partial charge in [0.2, 0.25) is 11.7 Å². The van der Waals surface area contributed by atoms with Crippen LogP contribution in [0, 0.1) is 0 Å². The molecule has 0 bridgehead atoms. The van der Waals surface area contributed by atoms with E-state index in [9.17, 15) is 9.59 Å². The van der Waals surface area contributed by atoms with Crippen LogP contribution in [0.15, 0.2) is 16.8 Å². The molecule has 0 radical (unpaired) electrons. The van der Waals surface area contributed by atoms with Crippen molar-refractivity contribution in [3.05, 3.63) is 16.8 Å². The van der Waals surface area contributed by atoms with Gasteiger partial charge in [-0.25, -0.2) is 4.79 Å². The van der Waals surface area contributed by atoms with Gasteiger partial charge in [0.25, 0.3) is 0 Å². The Morgan fingerprint density at radius 1 is 1.57 bits per heavy atom. The van der Waals surface area contributed by atoms with Crippen LogP contribution in [0.1, 0.15) is 0 Å². The van der Waals surface area contributed by atoms with Crippen molar-refractivity contribution in [1.82, 2.24) is 25.5 Å². The first-order chi connectivity index (χ1) is 10.1. The second kappa shape index (κ2) is 6.90. The first kappa shape index (κ1) is 15.1. The molecule has 2 aromatic heterocycles. The van der Waals surface area contributed by atoms with Crippen LogP contribution in [0.2, 0.25) is 0 Å². The van der Waals surface area contributed by atoms with E-state index in [1.807, 2.05) is 16.8 Å². The summed E-state index contributed by atoms with van der Waals surface area (Å²) < 4.78 is 4.72. The second-order valence-corrected chi connectivity index (χ2v) is 4.85. The zero-order valence-electron chi connectivity index (χ0n) is 11.1. The van der Waals surface area contributed by atoms with E-state index in [0.717, 1.165) is 10.4 Å². The Kier molecular flexibility index (Phi) is 4.95. The van der Waals surface area contributed by atoms with Crippen molar-refractivity contribution in [2.75, 3.05) is 13.7 Å². The van der Waals surface area contributed by atoms with E-state index in [4.69, 9.17) is 9.84 Å². The summed E-state index contributed by atoms with van der Waals surface area (Å²) in [6, 6.07) is 0.730. The molecule has 0 aromatic carbocycles. The van der Waals surface area contributed by atoms with E-state index in [0.29, 0.717) is 5.82 Å². The molecular weight excluding hydrogens is 298 g/mol. The van der Waals surface area contributed by atoms with Crippen molar-refractivity contribution in [1.29, 1.82) is 0 Å².